The molecule has 3 heterocycles. The number of nitrogen functional groups attached to an aromatic ring is 2. The first-order chi connectivity index (χ1) is 52.8. The van der Waals surface area contributed by atoms with E-state index in [-0.39, 0.29) is 40.9 Å². The zero-order valence-corrected chi connectivity index (χ0v) is 61.4. The number of aromatic carboxylic acids is 1. The number of carbonyl (C=O) groups is 6. The van der Waals surface area contributed by atoms with Crippen molar-refractivity contribution in [3.63, 3.8) is 0 Å². The van der Waals surface area contributed by atoms with E-state index >= 15 is 0 Å². The molecule has 4 amide bonds. The Morgan fingerprint density at radius 2 is 0.853 bits per heavy atom. The second-order valence-corrected chi connectivity index (χ2v) is 24.2. The number of benzene rings is 10. The van der Waals surface area contributed by atoms with E-state index in [1.54, 1.807) is 100 Å². The highest BCUT2D eigenvalue weighted by Gasteiger charge is 2.19. The third-order valence-corrected chi connectivity index (χ3v) is 16.5. The zero-order valence-electron chi connectivity index (χ0n) is 61.4. The lowest BCUT2D eigenvalue weighted by molar-refractivity contribution is 0.0695. The van der Waals surface area contributed by atoms with Gasteiger partial charge in [-0.15, -0.1) is 0 Å². The van der Waals surface area contributed by atoms with Crippen LogP contribution < -0.4 is 46.9 Å². The number of hydrogen-bond donors (Lipinski definition) is 7. The smallest absolute Gasteiger partial charge is 0.335 e. The van der Waals surface area contributed by atoms with E-state index in [9.17, 15) is 28.8 Å². The van der Waals surface area contributed by atoms with Gasteiger partial charge in [0.15, 0.2) is 17.3 Å². The van der Waals surface area contributed by atoms with Crippen LogP contribution in [0.15, 0.2) is 285 Å². The van der Waals surface area contributed by atoms with Crippen LogP contribution >= 0.6 is 0 Å². The molecule has 0 fully saturated rings. The number of aryl methyl sites for hydroxylation is 3. The highest BCUT2D eigenvalue weighted by Crippen LogP contribution is 2.41. The van der Waals surface area contributed by atoms with E-state index in [1.807, 2.05) is 217 Å². The number of ketones is 1. The van der Waals surface area contributed by atoms with Crippen LogP contribution in [0.25, 0.3) is 33.4 Å². The van der Waals surface area contributed by atoms with Gasteiger partial charge in [-0.3, -0.25) is 24.0 Å². The summed E-state index contributed by atoms with van der Waals surface area (Å²) < 4.78 is 16.4. The molecule has 0 unspecified atom stereocenters. The van der Waals surface area contributed by atoms with Gasteiger partial charge in [0, 0.05) is 79.9 Å². The lowest BCUT2D eigenvalue weighted by Crippen LogP contribution is -2.15. The first-order valence-electron chi connectivity index (χ1n) is 34.7. The Balaban J connectivity index is 0.000000169. The van der Waals surface area contributed by atoms with Gasteiger partial charge in [0.25, 0.3) is 23.6 Å². The number of methoxy groups -OCH3 is 3. The van der Waals surface area contributed by atoms with Crippen LogP contribution in [-0.2, 0) is 6.42 Å². The summed E-state index contributed by atoms with van der Waals surface area (Å²) in [6, 6.07) is 84.2. The number of rotatable bonds is 19. The highest BCUT2D eigenvalue weighted by molar-refractivity contribution is 6.13. The summed E-state index contributed by atoms with van der Waals surface area (Å²) >= 11 is 0. The van der Waals surface area contributed by atoms with Crippen molar-refractivity contribution in [2.75, 3.05) is 54.1 Å². The van der Waals surface area contributed by atoms with Crippen LogP contribution in [-0.4, -0.2) is 81.8 Å². The van der Waals surface area contributed by atoms with Crippen molar-refractivity contribution in [3.8, 4) is 50.6 Å². The summed E-state index contributed by atoms with van der Waals surface area (Å²) in [5, 5.41) is 20.2. The predicted molar refractivity (Wildman–Crippen MR) is 431 cm³/mol. The van der Waals surface area contributed by atoms with E-state index in [1.165, 1.54) is 24.3 Å². The average molecular weight is 1450 g/mol. The van der Waals surface area contributed by atoms with Crippen LogP contribution in [0.1, 0.15) is 110 Å². The molecule has 20 heteroatoms. The number of ether oxygens (including phenoxy) is 3. The normalized spacial score (nSPS) is 10.2. The van der Waals surface area contributed by atoms with Crippen molar-refractivity contribution in [1.29, 1.82) is 0 Å². The molecule has 0 spiro atoms. The average Bonchev–Trinajstić information content (AvgIpc) is 0.799. The number of aromatic nitrogens is 4. The van der Waals surface area contributed by atoms with Crippen LogP contribution in [0.2, 0.25) is 0 Å². The molecule has 0 radical (unpaired) electrons. The molecule has 0 atom stereocenters. The molecule has 13 aromatic rings. The Bertz CT molecular complexity index is 5200. The van der Waals surface area contributed by atoms with Gasteiger partial charge in [-0.05, 0) is 200 Å². The quantitative estimate of drug-likeness (QED) is 0.0370. The molecule has 20 nitrogen and oxygen atoms in total. The molecule has 3 aromatic heterocycles. The second-order valence-electron chi connectivity index (χ2n) is 24.2. The van der Waals surface area contributed by atoms with Crippen molar-refractivity contribution >= 4 is 70.2 Å². The lowest BCUT2D eigenvalue weighted by atomic mass is 9.94. The Morgan fingerprint density at radius 3 is 1.35 bits per heavy atom. The molecule has 0 aliphatic heterocycles. The molecule has 0 aliphatic rings. The molecule has 0 saturated carbocycles. The predicted octanol–water partition coefficient (Wildman–Crippen LogP) is 18.0. The Labute approximate surface area is 632 Å². The van der Waals surface area contributed by atoms with Gasteiger partial charge < -0.3 is 52.1 Å². The van der Waals surface area contributed by atoms with Gasteiger partial charge in [0.1, 0.15) is 23.2 Å². The summed E-state index contributed by atoms with van der Waals surface area (Å²) in [7, 11) is 4.79. The third kappa shape index (κ3) is 22.3. The molecule has 0 bridgehead atoms. The van der Waals surface area contributed by atoms with Gasteiger partial charge in [-0.25, -0.2) is 19.7 Å². The van der Waals surface area contributed by atoms with E-state index in [0.717, 1.165) is 67.2 Å². The number of carboxylic acid groups (broad SMARTS) is 1. The number of nitrogens with zero attached hydrogens (tertiary/aromatic N) is 4. The van der Waals surface area contributed by atoms with Crippen LogP contribution in [0.4, 0.5) is 34.8 Å². The van der Waals surface area contributed by atoms with Gasteiger partial charge in [0.2, 0.25) is 5.95 Å². The number of nitrogens with two attached hydrogens (primary N) is 2. The summed E-state index contributed by atoms with van der Waals surface area (Å²) in [5.74, 6) is 1.31. The molecule has 9 N–H and O–H groups in total. The minimum atomic E-state index is -1.02. The standard InChI is InChI=1S/C27H27N5O3.C20H18N4O2.C20H15NO3.C20H16O2.C2H6/c1-16-7-9-18(10-8-16)26(33)31-21-6-4-5-19(14-21)22-12-17(13-23(34-2)24(22)35-3)11-20-15-30-27(29)32-25(20)28;1-13-5-3-7-17(21-13)23-19(25)15-9-11-16(12-10-15)20(26)24-18-8-4-6-14(2)22-18;22-19(15-9-11-16(12-10-15)20(23)24)21-18-8-4-7-17(13-18)14-5-2-1-3-6-14;1-22-17-13-11-16(12-14-17)20(21)19-10-6-5-9-18(19)15-7-3-2-4-8-15;1-2/h4-10,12-15H,11H2,1-3H3,(H,31,33)(H4,28,29,30,32);3-12H,1-2H3,(H,21,23,25)(H,22,24,26);1-13H,(H,21,22)(H,23,24);2-14H,1H3;1-2H3. The van der Waals surface area contributed by atoms with Gasteiger partial charge in [-0.1, -0.05) is 153 Å². The zero-order chi connectivity index (χ0) is 77.8. The monoisotopic (exact) mass is 1450 g/mol. The van der Waals surface area contributed by atoms with Crippen LogP contribution in [0, 0.1) is 20.8 Å². The SMILES string of the molecule is CC.COc1cc(Cc2cnc(N)nc2N)cc(-c2cccc(NC(=O)c3ccc(C)cc3)c2)c1OC.COc1ccc(C(=O)c2ccccc2-c2ccccc2)cc1.Cc1cccc(NC(=O)c2ccc(C(=O)Nc3cccc(C)n3)cc2)n1.O=C(O)c1ccc(C(=O)Nc2cccc(-c3ccccc3)c2)cc1. The van der Waals surface area contributed by atoms with E-state index in [4.69, 9.17) is 30.8 Å². The molecular formula is C89H82N10O10. The summed E-state index contributed by atoms with van der Waals surface area (Å²) in [6.07, 6.45) is 2.10. The summed E-state index contributed by atoms with van der Waals surface area (Å²) in [4.78, 5) is 89.8. The van der Waals surface area contributed by atoms with Crippen molar-refractivity contribution in [2.24, 2.45) is 0 Å². The van der Waals surface area contributed by atoms with Crippen molar-refractivity contribution in [2.45, 2.75) is 41.0 Å². The maximum Gasteiger partial charge on any atom is 0.335 e. The van der Waals surface area contributed by atoms with E-state index in [0.29, 0.717) is 80.1 Å². The number of carbonyl (C=O) groups excluding carboxylic acids is 5. The maximum atomic E-state index is 12.8. The number of amides is 4. The van der Waals surface area contributed by atoms with Crippen molar-refractivity contribution in [1.82, 2.24) is 19.9 Å². The van der Waals surface area contributed by atoms with Crippen molar-refractivity contribution in [3.05, 3.63) is 352 Å². The first kappa shape index (κ1) is 78.7. The number of anilines is 6. The molecule has 548 valence electrons. The second kappa shape index (κ2) is 38.9. The highest BCUT2D eigenvalue weighted by atomic mass is 16.5. The molecule has 0 aliphatic carbocycles. The van der Waals surface area contributed by atoms with Gasteiger partial charge in [-0.2, -0.15) is 4.98 Å². The van der Waals surface area contributed by atoms with E-state index in [2.05, 4.69) is 41.2 Å². The molecular weight excluding hydrogens is 1370 g/mol. The van der Waals surface area contributed by atoms with Gasteiger partial charge in [0.05, 0.1) is 26.9 Å². The number of nitrogens with one attached hydrogen (secondary N) is 4. The first-order valence-corrected chi connectivity index (χ1v) is 34.7. The van der Waals surface area contributed by atoms with E-state index < -0.39 is 5.97 Å². The number of hydrogen-bond acceptors (Lipinski definition) is 15. The Kier molecular flexibility index (Phi) is 28.1. The summed E-state index contributed by atoms with van der Waals surface area (Å²) in [5.41, 5.74) is 26.5. The number of carboxylic acids is 1. The maximum absolute atomic E-state index is 12.8. The molecule has 109 heavy (non-hydrogen) atoms. The van der Waals surface area contributed by atoms with Crippen LogP contribution in [0.3, 0.4) is 0 Å². The fourth-order valence-corrected chi connectivity index (χ4v) is 11.0. The van der Waals surface area contributed by atoms with Gasteiger partial charge >= 0.3 is 5.97 Å². The van der Waals surface area contributed by atoms with Crippen LogP contribution in [0.5, 0.6) is 17.2 Å². The third-order valence-electron chi connectivity index (χ3n) is 16.5. The molecule has 13 rings (SSSR count). The van der Waals surface area contributed by atoms with Crippen molar-refractivity contribution < 1.29 is 48.1 Å². The Morgan fingerprint density at radius 1 is 0.404 bits per heavy atom. The molecule has 10 aromatic carbocycles. The lowest BCUT2D eigenvalue weighted by Gasteiger charge is -2.16. The largest absolute Gasteiger partial charge is 0.497 e. The fourth-order valence-electron chi connectivity index (χ4n) is 11.0. The topological polar surface area (TPSA) is 302 Å². The molecule has 0 saturated heterocycles. The fraction of sp³-hybridized carbons (Fsp3) is 0.101. The number of pyridine rings is 2. The minimum Gasteiger partial charge on any atom is -0.497 e. The Hall–Kier alpha value is -14.4. The summed E-state index contributed by atoms with van der Waals surface area (Å²) in [6.45, 7) is 9.69. The minimum absolute atomic E-state index is 0.0158.